The van der Waals surface area contributed by atoms with Crippen molar-refractivity contribution in [1.82, 2.24) is 14.9 Å². The van der Waals surface area contributed by atoms with Gasteiger partial charge in [-0.3, -0.25) is 4.79 Å². The van der Waals surface area contributed by atoms with Gasteiger partial charge in [0.1, 0.15) is 5.75 Å². The summed E-state index contributed by atoms with van der Waals surface area (Å²) in [5.74, 6) is 0.790. The maximum Gasteiger partial charge on any atom is 0.223 e. The van der Waals surface area contributed by atoms with Crippen LogP contribution in [0.2, 0.25) is 0 Å². The van der Waals surface area contributed by atoms with Crippen molar-refractivity contribution in [2.75, 3.05) is 20.3 Å². The molecule has 0 atom stereocenters. The Hall–Kier alpha value is -2.34. The SMILES string of the molecule is COc1cccc(CCC(=O)N(CCO)Cc2nc[nH]c2C)c1. The number of carbonyl (C=O) groups is 1. The van der Waals surface area contributed by atoms with E-state index in [-0.39, 0.29) is 12.5 Å². The highest BCUT2D eigenvalue weighted by Gasteiger charge is 2.15. The molecule has 0 aliphatic heterocycles. The summed E-state index contributed by atoms with van der Waals surface area (Å²) in [5, 5.41) is 9.20. The average Bonchev–Trinajstić information content (AvgIpc) is 2.97. The third kappa shape index (κ3) is 4.82. The van der Waals surface area contributed by atoms with Gasteiger partial charge in [0, 0.05) is 18.7 Å². The molecule has 23 heavy (non-hydrogen) atoms. The van der Waals surface area contributed by atoms with E-state index in [2.05, 4.69) is 9.97 Å². The number of rotatable bonds is 8. The summed E-state index contributed by atoms with van der Waals surface area (Å²) < 4.78 is 5.19. The number of imidazole rings is 1. The van der Waals surface area contributed by atoms with E-state index in [1.807, 2.05) is 31.2 Å². The first kappa shape index (κ1) is 17.0. The highest BCUT2D eigenvalue weighted by Crippen LogP contribution is 2.15. The first-order valence-corrected chi connectivity index (χ1v) is 7.64. The Kier molecular flexibility index (Phi) is 6.17. The fourth-order valence-corrected chi connectivity index (χ4v) is 2.38. The topological polar surface area (TPSA) is 78.4 Å². The molecule has 2 N–H and O–H groups in total. The number of ether oxygens (including phenoxy) is 1. The zero-order valence-corrected chi connectivity index (χ0v) is 13.6. The molecule has 6 heteroatoms. The molecule has 2 aromatic rings. The van der Waals surface area contributed by atoms with Gasteiger partial charge in [-0.25, -0.2) is 4.98 Å². The number of carbonyl (C=O) groups excluding carboxylic acids is 1. The number of hydrogen-bond acceptors (Lipinski definition) is 4. The van der Waals surface area contributed by atoms with Gasteiger partial charge in [-0.2, -0.15) is 0 Å². The zero-order valence-electron chi connectivity index (χ0n) is 13.6. The van der Waals surface area contributed by atoms with E-state index >= 15 is 0 Å². The lowest BCUT2D eigenvalue weighted by molar-refractivity contribution is -0.132. The minimum Gasteiger partial charge on any atom is -0.497 e. The largest absolute Gasteiger partial charge is 0.497 e. The molecule has 0 fully saturated rings. The quantitative estimate of drug-likeness (QED) is 0.776. The van der Waals surface area contributed by atoms with Crippen molar-refractivity contribution < 1.29 is 14.6 Å². The van der Waals surface area contributed by atoms with Crippen molar-refractivity contribution in [3.63, 3.8) is 0 Å². The molecule has 124 valence electrons. The van der Waals surface area contributed by atoms with E-state index in [1.165, 1.54) is 0 Å². The number of H-pyrrole nitrogens is 1. The highest BCUT2D eigenvalue weighted by molar-refractivity contribution is 5.76. The van der Waals surface area contributed by atoms with Crippen molar-refractivity contribution in [2.45, 2.75) is 26.3 Å². The number of nitrogens with zero attached hydrogens (tertiary/aromatic N) is 2. The molecule has 1 aromatic carbocycles. The molecule has 1 amide bonds. The van der Waals surface area contributed by atoms with Gasteiger partial charge < -0.3 is 19.7 Å². The number of aliphatic hydroxyl groups is 1. The second-order valence-electron chi connectivity index (χ2n) is 5.36. The van der Waals surface area contributed by atoms with Gasteiger partial charge in [0.05, 0.1) is 32.3 Å². The molecular formula is C17H23N3O3. The Morgan fingerprint density at radius 1 is 1.43 bits per heavy atom. The number of hydrogen-bond donors (Lipinski definition) is 2. The van der Waals surface area contributed by atoms with Gasteiger partial charge in [-0.1, -0.05) is 12.1 Å². The van der Waals surface area contributed by atoms with Crippen LogP contribution in [0.1, 0.15) is 23.4 Å². The second-order valence-corrected chi connectivity index (χ2v) is 5.36. The smallest absolute Gasteiger partial charge is 0.223 e. The monoisotopic (exact) mass is 317 g/mol. The fraction of sp³-hybridized carbons (Fsp3) is 0.412. The summed E-state index contributed by atoms with van der Waals surface area (Å²) in [6, 6.07) is 7.70. The third-order valence-electron chi connectivity index (χ3n) is 3.76. The van der Waals surface area contributed by atoms with E-state index in [1.54, 1.807) is 18.3 Å². The predicted octanol–water partition coefficient (Wildman–Crippen LogP) is 1.68. The number of methoxy groups -OCH3 is 1. The third-order valence-corrected chi connectivity index (χ3v) is 3.76. The molecule has 1 heterocycles. The van der Waals surface area contributed by atoms with Gasteiger partial charge in [-0.05, 0) is 31.0 Å². The molecule has 6 nitrogen and oxygen atoms in total. The molecule has 0 aliphatic carbocycles. The lowest BCUT2D eigenvalue weighted by Crippen LogP contribution is -2.33. The molecular weight excluding hydrogens is 294 g/mol. The number of aromatic amines is 1. The van der Waals surface area contributed by atoms with E-state index < -0.39 is 0 Å². The lowest BCUT2D eigenvalue weighted by atomic mass is 10.1. The van der Waals surface area contributed by atoms with Crippen LogP contribution in [0.25, 0.3) is 0 Å². The van der Waals surface area contributed by atoms with Crippen LogP contribution in [0.4, 0.5) is 0 Å². The minimum atomic E-state index is -0.0611. The second kappa shape index (κ2) is 8.33. The first-order valence-electron chi connectivity index (χ1n) is 7.64. The number of benzene rings is 1. The van der Waals surface area contributed by atoms with Crippen LogP contribution in [0.5, 0.6) is 5.75 Å². The summed E-state index contributed by atoms with van der Waals surface area (Å²) in [6.45, 7) is 2.57. The maximum absolute atomic E-state index is 12.4. The minimum absolute atomic E-state index is 0.00395. The van der Waals surface area contributed by atoms with E-state index in [0.717, 1.165) is 22.7 Å². The molecule has 2 rings (SSSR count). The maximum atomic E-state index is 12.4. The van der Waals surface area contributed by atoms with Crippen LogP contribution in [-0.4, -0.2) is 46.1 Å². The summed E-state index contributed by atoms with van der Waals surface area (Å²) in [6.07, 6.45) is 2.64. The number of amides is 1. The number of aromatic nitrogens is 2. The normalized spacial score (nSPS) is 10.6. The summed E-state index contributed by atoms with van der Waals surface area (Å²) in [4.78, 5) is 21.3. The molecule has 0 unspecified atom stereocenters. The lowest BCUT2D eigenvalue weighted by Gasteiger charge is -2.21. The van der Waals surface area contributed by atoms with E-state index in [9.17, 15) is 9.90 Å². The zero-order chi connectivity index (χ0) is 16.7. The Bertz CT molecular complexity index is 640. The Morgan fingerprint density at radius 3 is 2.91 bits per heavy atom. The fourth-order valence-electron chi connectivity index (χ4n) is 2.38. The van der Waals surface area contributed by atoms with Gasteiger partial charge in [0.25, 0.3) is 0 Å². The summed E-state index contributed by atoms with van der Waals surface area (Å²) in [5.41, 5.74) is 2.82. The van der Waals surface area contributed by atoms with E-state index in [4.69, 9.17) is 4.74 Å². The van der Waals surface area contributed by atoms with Gasteiger partial charge in [-0.15, -0.1) is 0 Å². The van der Waals surface area contributed by atoms with Crippen molar-refractivity contribution in [3.8, 4) is 5.75 Å². The van der Waals surface area contributed by atoms with E-state index in [0.29, 0.717) is 25.9 Å². The van der Waals surface area contributed by atoms with Crippen LogP contribution in [0, 0.1) is 6.92 Å². The summed E-state index contributed by atoms with van der Waals surface area (Å²) >= 11 is 0. The number of nitrogens with one attached hydrogen (secondary N) is 1. The molecule has 0 bridgehead atoms. The van der Waals surface area contributed by atoms with Crippen molar-refractivity contribution in [2.24, 2.45) is 0 Å². The van der Waals surface area contributed by atoms with Gasteiger partial charge in [0.15, 0.2) is 0 Å². The van der Waals surface area contributed by atoms with Crippen LogP contribution in [-0.2, 0) is 17.8 Å². The average molecular weight is 317 g/mol. The molecule has 0 radical (unpaired) electrons. The van der Waals surface area contributed by atoms with Crippen LogP contribution >= 0.6 is 0 Å². The molecule has 0 aliphatic rings. The van der Waals surface area contributed by atoms with Crippen molar-refractivity contribution >= 4 is 5.91 Å². The van der Waals surface area contributed by atoms with Crippen LogP contribution in [0.3, 0.4) is 0 Å². The Morgan fingerprint density at radius 2 is 2.26 bits per heavy atom. The van der Waals surface area contributed by atoms with Crippen molar-refractivity contribution in [1.29, 1.82) is 0 Å². The number of aryl methyl sites for hydroxylation is 2. The summed E-state index contributed by atoms with van der Waals surface area (Å²) in [7, 11) is 1.62. The van der Waals surface area contributed by atoms with Gasteiger partial charge >= 0.3 is 0 Å². The predicted molar refractivity (Wildman–Crippen MR) is 87.1 cm³/mol. The van der Waals surface area contributed by atoms with Crippen LogP contribution in [0.15, 0.2) is 30.6 Å². The molecule has 0 spiro atoms. The highest BCUT2D eigenvalue weighted by atomic mass is 16.5. The first-order chi connectivity index (χ1) is 11.1. The standard InChI is InChI=1S/C17H23N3O3/c1-13-16(19-12-18-13)11-20(8-9-21)17(22)7-6-14-4-3-5-15(10-14)23-2/h3-5,10,12,21H,6-9,11H2,1-2H3,(H,18,19). The van der Waals surface area contributed by atoms with Crippen LogP contribution < -0.4 is 4.74 Å². The Balaban J connectivity index is 1.96. The molecule has 1 aromatic heterocycles. The Labute approximate surface area is 136 Å². The molecule has 0 saturated carbocycles. The molecule has 0 saturated heterocycles. The van der Waals surface area contributed by atoms with Gasteiger partial charge in [0.2, 0.25) is 5.91 Å². The number of aliphatic hydroxyl groups excluding tert-OH is 1. The van der Waals surface area contributed by atoms with Crippen molar-refractivity contribution in [3.05, 3.63) is 47.5 Å².